The lowest BCUT2D eigenvalue weighted by atomic mass is 10.1. The first kappa shape index (κ1) is 22.9. The number of rotatable bonds is 10. The molecule has 3 heterocycles. The number of nitrogens with one attached hydrogen (secondary N) is 2. The number of aromatic nitrogens is 5. The Labute approximate surface area is 184 Å². The van der Waals surface area contributed by atoms with Gasteiger partial charge in [-0.05, 0) is 25.5 Å². The zero-order chi connectivity index (χ0) is 23.3. The normalized spacial score (nSPS) is 12.8. The number of amides is 1. The Bertz CT molecular complexity index is 1070. The standard InChI is InChI=1S/C20H26FN9O2/c1-4-5-15(11(2)22)28-19-14(21)9-13(17(23)31)18(29-19)27-12-8-16(20(32-3)24-10-12)30-25-6-7-26-30/h6-11,15H,4-5,22H2,1-3H3,(H2,23,31)(H2,27,28,29)/t11-,15+/m0/s1. The molecule has 0 saturated carbocycles. The molecule has 0 saturated heterocycles. The number of nitrogens with zero attached hydrogens (tertiary/aromatic N) is 5. The van der Waals surface area contributed by atoms with Crippen LogP contribution in [-0.4, -0.2) is 50.1 Å². The number of nitrogens with two attached hydrogens (primary N) is 2. The van der Waals surface area contributed by atoms with Gasteiger partial charge in [-0.3, -0.25) is 4.79 Å². The molecule has 6 N–H and O–H groups in total. The molecule has 0 fully saturated rings. The Morgan fingerprint density at radius 1 is 1.28 bits per heavy atom. The highest BCUT2D eigenvalue weighted by atomic mass is 19.1. The largest absolute Gasteiger partial charge is 0.479 e. The number of hydrogen-bond donors (Lipinski definition) is 4. The maximum atomic E-state index is 14.7. The van der Waals surface area contributed by atoms with E-state index in [2.05, 4.69) is 30.8 Å². The molecule has 0 spiro atoms. The average molecular weight is 443 g/mol. The fourth-order valence-electron chi connectivity index (χ4n) is 3.11. The molecule has 170 valence electrons. The van der Waals surface area contributed by atoms with E-state index in [1.165, 1.54) is 30.5 Å². The second kappa shape index (κ2) is 10.0. The van der Waals surface area contributed by atoms with Crippen LogP contribution in [0.3, 0.4) is 0 Å². The fraction of sp³-hybridized carbons (Fsp3) is 0.350. The maximum absolute atomic E-state index is 14.7. The van der Waals surface area contributed by atoms with Crippen molar-refractivity contribution in [2.24, 2.45) is 11.5 Å². The zero-order valence-electron chi connectivity index (χ0n) is 18.0. The molecular formula is C20H26FN9O2. The summed E-state index contributed by atoms with van der Waals surface area (Å²) in [5.74, 6) is -1.23. The van der Waals surface area contributed by atoms with Crippen LogP contribution in [0.2, 0.25) is 0 Å². The van der Waals surface area contributed by atoms with E-state index in [9.17, 15) is 9.18 Å². The monoisotopic (exact) mass is 443 g/mol. The van der Waals surface area contributed by atoms with E-state index in [1.807, 2.05) is 13.8 Å². The van der Waals surface area contributed by atoms with Gasteiger partial charge in [0.2, 0.25) is 5.88 Å². The van der Waals surface area contributed by atoms with Crippen molar-refractivity contribution in [3.8, 4) is 11.6 Å². The lowest BCUT2D eigenvalue weighted by Crippen LogP contribution is -2.38. The Hall–Kier alpha value is -3.80. The summed E-state index contributed by atoms with van der Waals surface area (Å²) in [7, 11) is 1.47. The van der Waals surface area contributed by atoms with E-state index < -0.39 is 11.7 Å². The highest BCUT2D eigenvalue weighted by Gasteiger charge is 2.20. The van der Waals surface area contributed by atoms with E-state index >= 15 is 0 Å². The second-order valence-electron chi connectivity index (χ2n) is 7.17. The number of carbonyl (C=O) groups is 1. The van der Waals surface area contributed by atoms with E-state index in [-0.39, 0.29) is 35.2 Å². The number of anilines is 3. The minimum atomic E-state index is -0.835. The molecule has 32 heavy (non-hydrogen) atoms. The number of halogens is 1. The molecule has 0 radical (unpaired) electrons. The third-order valence-corrected chi connectivity index (χ3v) is 4.72. The first-order valence-corrected chi connectivity index (χ1v) is 10.0. The minimum Gasteiger partial charge on any atom is -0.479 e. The highest BCUT2D eigenvalue weighted by Crippen LogP contribution is 2.27. The SMILES string of the molecule is CCC[C@@H](Nc1nc(Nc2cnc(OC)c(-n3nccn3)c2)c(C(N)=O)cc1F)[C@H](C)N. The van der Waals surface area contributed by atoms with Crippen molar-refractivity contribution in [1.29, 1.82) is 0 Å². The van der Waals surface area contributed by atoms with Gasteiger partial charge < -0.3 is 26.8 Å². The van der Waals surface area contributed by atoms with Crippen molar-refractivity contribution in [2.75, 3.05) is 17.7 Å². The van der Waals surface area contributed by atoms with Gasteiger partial charge in [-0.15, -0.1) is 4.80 Å². The van der Waals surface area contributed by atoms with E-state index in [1.54, 1.807) is 6.07 Å². The summed E-state index contributed by atoms with van der Waals surface area (Å²) >= 11 is 0. The number of methoxy groups -OCH3 is 1. The quantitative estimate of drug-likeness (QED) is 0.367. The maximum Gasteiger partial charge on any atom is 0.252 e. The summed E-state index contributed by atoms with van der Waals surface area (Å²) in [6.45, 7) is 3.84. The molecule has 0 aliphatic carbocycles. The van der Waals surface area contributed by atoms with Crippen molar-refractivity contribution >= 4 is 23.2 Å². The van der Waals surface area contributed by atoms with Crippen LogP contribution in [0.1, 0.15) is 37.0 Å². The van der Waals surface area contributed by atoms with Crippen LogP contribution in [0.15, 0.2) is 30.7 Å². The number of pyridine rings is 2. The minimum absolute atomic E-state index is 0.0383. The average Bonchev–Trinajstić information content (AvgIpc) is 3.29. The van der Waals surface area contributed by atoms with Crippen LogP contribution in [0, 0.1) is 5.82 Å². The van der Waals surface area contributed by atoms with E-state index in [0.717, 1.165) is 18.9 Å². The van der Waals surface area contributed by atoms with Gasteiger partial charge in [0.05, 0.1) is 37.0 Å². The van der Waals surface area contributed by atoms with Gasteiger partial charge in [-0.2, -0.15) is 10.2 Å². The molecule has 0 unspecified atom stereocenters. The van der Waals surface area contributed by atoms with Crippen LogP contribution in [0.5, 0.6) is 5.88 Å². The van der Waals surface area contributed by atoms with E-state index in [0.29, 0.717) is 11.4 Å². The van der Waals surface area contributed by atoms with Gasteiger partial charge in [0.25, 0.3) is 5.91 Å². The highest BCUT2D eigenvalue weighted by molar-refractivity contribution is 5.98. The van der Waals surface area contributed by atoms with Gasteiger partial charge in [0, 0.05) is 12.1 Å². The molecule has 11 nitrogen and oxygen atoms in total. The molecule has 0 bridgehead atoms. The van der Waals surface area contributed by atoms with Crippen molar-refractivity contribution in [1.82, 2.24) is 25.0 Å². The zero-order valence-corrected chi connectivity index (χ0v) is 18.0. The second-order valence-corrected chi connectivity index (χ2v) is 7.17. The van der Waals surface area contributed by atoms with Gasteiger partial charge >= 0.3 is 0 Å². The smallest absolute Gasteiger partial charge is 0.252 e. The van der Waals surface area contributed by atoms with Gasteiger partial charge in [-0.25, -0.2) is 14.4 Å². The van der Waals surface area contributed by atoms with Crippen molar-refractivity contribution in [3.63, 3.8) is 0 Å². The number of hydrogen-bond acceptors (Lipinski definition) is 9. The third-order valence-electron chi connectivity index (χ3n) is 4.72. The molecule has 0 aliphatic heterocycles. The molecule has 0 aliphatic rings. The summed E-state index contributed by atoms with van der Waals surface area (Å²) in [4.78, 5) is 21.8. The summed E-state index contributed by atoms with van der Waals surface area (Å²) < 4.78 is 20.0. The van der Waals surface area contributed by atoms with Crippen LogP contribution in [-0.2, 0) is 0 Å². The Morgan fingerprint density at radius 3 is 2.59 bits per heavy atom. The summed E-state index contributed by atoms with van der Waals surface area (Å²) in [6, 6.07) is 2.25. The lowest BCUT2D eigenvalue weighted by molar-refractivity contribution is 0.100. The summed E-state index contributed by atoms with van der Waals surface area (Å²) in [6.07, 6.45) is 6.07. The van der Waals surface area contributed by atoms with Gasteiger partial charge in [0.1, 0.15) is 11.5 Å². The predicted octanol–water partition coefficient (Wildman–Crippen LogP) is 1.98. The van der Waals surface area contributed by atoms with Crippen molar-refractivity contribution in [3.05, 3.63) is 42.1 Å². The lowest BCUT2D eigenvalue weighted by Gasteiger charge is -2.23. The number of primary amides is 1. The van der Waals surface area contributed by atoms with Gasteiger partial charge in [-0.1, -0.05) is 13.3 Å². The van der Waals surface area contributed by atoms with Crippen LogP contribution < -0.4 is 26.8 Å². The fourth-order valence-corrected chi connectivity index (χ4v) is 3.11. The first-order valence-electron chi connectivity index (χ1n) is 10.0. The molecular weight excluding hydrogens is 417 g/mol. The molecule has 1 amide bonds. The van der Waals surface area contributed by atoms with Gasteiger partial charge in [0.15, 0.2) is 11.6 Å². The number of carbonyl (C=O) groups excluding carboxylic acids is 1. The van der Waals surface area contributed by atoms with Crippen LogP contribution >= 0.6 is 0 Å². The van der Waals surface area contributed by atoms with Crippen molar-refractivity contribution < 1.29 is 13.9 Å². The summed E-state index contributed by atoms with van der Waals surface area (Å²) in [5, 5.41) is 14.2. The predicted molar refractivity (Wildman–Crippen MR) is 118 cm³/mol. The molecule has 12 heteroatoms. The molecule has 2 atom stereocenters. The third kappa shape index (κ3) is 5.09. The van der Waals surface area contributed by atoms with E-state index in [4.69, 9.17) is 16.2 Å². The molecule has 3 aromatic heterocycles. The summed E-state index contributed by atoms with van der Waals surface area (Å²) in [5.41, 5.74) is 12.2. The Kier molecular flexibility index (Phi) is 7.15. The topological polar surface area (TPSA) is 159 Å². The Balaban J connectivity index is 1.99. The van der Waals surface area contributed by atoms with Crippen LogP contribution in [0.25, 0.3) is 5.69 Å². The molecule has 0 aromatic carbocycles. The first-order chi connectivity index (χ1) is 15.3. The molecule has 3 aromatic rings. The number of ether oxygens (including phenoxy) is 1. The molecule has 3 rings (SSSR count). The van der Waals surface area contributed by atoms with Crippen LogP contribution in [0.4, 0.5) is 21.7 Å². The Morgan fingerprint density at radius 2 is 2.00 bits per heavy atom. The van der Waals surface area contributed by atoms with Crippen molar-refractivity contribution in [2.45, 2.75) is 38.8 Å².